The van der Waals surface area contributed by atoms with Gasteiger partial charge in [0, 0.05) is 5.56 Å². The molecule has 0 amide bonds. The van der Waals surface area contributed by atoms with Gasteiger partial charge in [0.15, 0.2) is 0 Å². The third-order valence-corrected chi connectivity index (χ3v) is 3.31. The normalized spacial score (nSPS) is 10.3. The van der Waals surface area contributed by atoms with Crippen molar-refractivity contribution in [3.05, 3.63) is 44.8 Å². The lowest BCUT2D eigenvalue weighted by Crippen LogP contribution is -2.11. The van der Waals surface area contributed by atoms with Crippen LogP contribution in [0.25, 0.3) is 11.4 Å². The monoisotopic (exact) mass is 294 g/mol. The maximum Gasteiger partial charge on any atom is 0.265 e. The quantitative estimate of drug-likeness (QED) is 0.926. The van der Waals surface area contributed by atoms with E-state index in [1.165, 1.54) is 0 Å². The Balaban J connectivity index is 2.56. The summed E-state index contributed by atoms with van der Waals surface area (Å²) < 4.78 is 5.59. The Morgan fingerprint density at radius 1 is 1.41 bits per heavy atom. The van der Waals surface area contributed by atoms with Crippen LogP contribution in [0.4, 0.5) is 0 Å². The van der Waals surface area contributed by atoms with Crippen molar-refractivity contribution in [2.24, 2.45) is 0 Å². The summed E-state index contributed by atoms with van der Waals surface area (Å²) in [5.41, 5.74) is 1.29. The second kappa shape index (κ2) is 4.71. The summed E-state index contributed by atoms with van der Waals surface area (Å²) in [5, 5.41) is 0. The van der Waals surface area contributed by atoms with Gasteiger partial charge < -0.3 is 9.72 Å². The molecule has 0 aliphatic carbocycles. The molecule has 0 fully saturated rings. The molecule has 88 valence electrons. The van der Waals surface area contributed by atoms with Crippen LogP contribution in [0.2, 0.25) is 0 Å². The van der Waals surface area contributed by atoms with Crippen molar-refractivity contribution in [2.75, 3.05) is 7.11 Å². The van der Waals surface area contributed by atoms with Crippen LogP contribution in [0.3, 0.4) is 0 Å². The first kappa shape index (κ1) is 11.9. The van der Waals surface area contributed by atoms with E-state index in [2.05, 4.69) is 25.9 Å². The Hall–Kier alpha value is -1.62. The average molecular weight is 295 g/mol. The second-order valence-electron chi connectivity index (χ2n) is 3.55. The number of hydrogen-bond donors (Lipinski definition) is 1. The number of H-pyrrole nitrogens is 1. The first-order valence-electron chi connectivity index (χ1n) is 5.02. The van der Waals surface area contributed by atoms with Gasteiger partial charge >= 0.3 is 0 Å². The first-order chi connectivity index (χ1) is 8.11. The van der Waals surface area contributed by atoms with Crippen molar-refractivity contribution in [2.45, 2.75) is 6.92 Å². The maximum absolute atomic E-state index is 11.6. The molecule has 1 heterocycles. The average Bonchev–Trinajstić information content (AvgIpc) is 2.35. The predicted molar refractivity (Wildman–Crippen MR) is 69.3 cm³/mol. The molecule has 0 spiro atoms. The van der Waals surface area contributed by atoms with E-state index in [1.54, 1.807) is 14.0 Å². The standard InChI is InChI=1S/C12H11BrN2O2/c1-7-10(13)12(16)15-11(14-7)8-4-3-5-9(6-8)17-2/h3-6H,1-2H3,(H,14,15,16). The zero-order chi connectivity index (χ0) is 12.4. The minimum atomic E-state index is -0.185. The Morgan fingerprint density at radius 2 is 2.18 bits per heavy atom. The molecule has 0 unspecified atom stereocenters. The number of aryl methyl sites for hydroxylation is 1. The number of benzene rings is 1. The number of rotatable bonds is 2. The molecule has 1 aromatic carbocycles. The van der Waals surface area contributed by atoms with E-state index in [0.29, 0.717) is 16.0 Å². The van der Waals surface area contributed by atoms with Crippen LogP contribution in [-0.2, 0) is 0 Å². The lowest BCUT2D eigenvalue weighted by atomic mass is 10.2. The zero-order valence-corrected chi connectivity index (χ0v) is 11.0. The molecule has 2 rings (SSSR count). The van der Waals surface area contributed by atoms with Crippen LogP contribution < -0.4 is 10.3 Å². The van der Waals surface area contributed by atoms with Crippen molar-refractivity contribution in [1.82, 2.24) is 9.97 Å². The third-order valence-electron chi connectivity index (χ3n) is 2.37. The van der Waals surface area contributed by atoms with Crippen LogP contribution >= 0.6 is 15.9 Å². The summed E-state index contributed by atoms with van der Waals surface area (Å²) in [4.78, 5) is 18.7. The minimum absolute atomic E-state index is 0.185. The molecule has 1 N–H and O–H groups in total. The highest BCUT2D eigenvalue weighted by atomic mass is 79.9. The number of nitrogens with one attached hydrogen (secondary N) is 1. The summed E-state index contributed by atoms with van der Waals surface area (Å²) in [6.45, 7) is 1.78. The van der Waals surface area contributed by atoms with Gasteiger partial charge in [-0.2, -0.15) is 0 Å². The van der Waals surface area contributed by atoms with Crippen molar-refractivity contribution in [3.8, 4) is 17.1 Å². The minimum Gasteiger partial charge on any atom is -0.497 e. The molecule has 5 heteroatoms. The molecule has 4 nitrogen and oxygen atoms in total. The highest BCUT2D eigenvalue weighted by Crippen LogP contribution is 2.21. The second-order valence-corrected chi connectivity index (χ2v) is 4.34. The fourth-order valence-corrected chi connectivity index (χ4v) is 1.67. The van der Waals surface area contributed by atoms with Crippen LogP contribution in [0.5, 0.6) is 5.75 Å². The zero-order valence-electron chi connectivity index (χ0n) is 9.45. The van der Waals surface area contributed by atoms with E-state index in [-0.39, 0.29) is 5.56 Å². The van der Waals surface area contributed by atoms with Gasteiger partial charge in [-0.3, -0.25) is 4.79 Å². The van der Waals surface area contributed by atoms with E-state index >= 15 is 0 Å². The fourth-order valence-electron chi connectivity index (χ4n) is 1.48. The Kier molecular flexibility index (Phi) is 3.28. The summed E-state index contributed by atoms with van der Waals surface area (Å²) in [7, 11) is 1.60. The molecule has 0 atom stereocenters. The number of nitrogens with zero attached hydrogens (tertiary/aromatic N) is 1. The van der Waals surface area contributed by atoms with Gasteiger partial charge in [-0.05, 0) is 35.0 Å². The molecule has 0 aliphatic rings. The van der Waals surface area contributed by atoms with Gasteiger partial charge in [0.2, 0.25) is 0 Å². The summed E-state index contributed by atoms with van der Waals surface area (Å²) in [6, 6.07) is 7.39. The predicted octanol–water partition coefficient (Wildman–Crippen LogP) is 2.52. The van der Waals surface area contributed by atoms with Crippen LogP contribution in [-0.4, -0.2) is 17.1 Å². The molecule has 0 saturated heterocycles. The smallest absolute Gasteiger partial charge is 0.265 e. The molecule has 0 radical (unpaired) electrons. The van der Waals surface area contributed by atoms with E-state index in [4.69, 9.17) is 4.74 Å². The van der Waals surface area contributed by atoms with Crippen molar-refractivity contribution in [3.63, 3.8) is 0 Å². The molecule has 0 bridgehead atoms. The van der Waals surface area contributed by atoms with Gasteiger partial charge in [-0.25, -0.2) is 4.98 Å². The number of hydrogen-bond acceptors (Lipinski definition) is 3. The Bertz CT molecular complexity index is 608. The van der Waals surface area contributed by atoms with Crippen molar-refractivity contribution in [1.29, 1.82) is 0 Å². The van der Waals surface area contributed by atoms with Gasteiger partial charge in [0.1, 0.15) is 16.0 Å². The number of halogens is 1. The van der Waals surface area contributed by atoms with E-state index < -0.39 is 0 Å². The van der Waals surface area contributed by atoms with E-state index in [1.807, 2.05) is 24.3 Å². The maximum atomic E-state index is 11.6. The SMILES string of the molecule is COc1cccc(-c2nc(C)c(Br)c(=O)[nH]2)c1. The van der Waals surface area contributed by atoms with Gasteiger partial charge in [-0.15, -0.1) is 0 Å². The summed E-state index contributed by atoms with van der Waals surface area (Å²) in [6.07, 6.45) is 0. The number of ether oxygens (including phenoxy) is 1. The van der Waals surface area contributed by atoms with Crippen LogP contribution in [0.15, 0.2) is 33.5 Å². The fraction of sp³-hybridized carbons (Fsp3) is 0.167. The van der Waals surface area contributed by atoms with Gasteiger partial charge in [0.25, 0.3) is 5.56 Å². The number of aromatic amines is 1. The molecular formula is C12H11BrN2O2. The molecule has 0 aliphatic heterocycles. The lowest BCUT2D eigenvalue weighted by Gasteiger charge is -2.05. The molecule has 17 heavy (non-hydrogen) atoms. The third kappa shape index (κ3) is 2.39. The Morgan fingerprint density at radius 3 is 2.82 bits per heavy atom. The molecule has 0 saturated carbocycles. The van der Waals surface area contributed by atoms with E-state index in [9.17, 15) is 4.79 Å². The van der Waals surface area contributed by atoms with Crippen LogP contribution in [0.1, 0.15) is 5.69 Å². The number of methoxy groups -OCH3 is 1. The highest BCUT2D eigenvalue weighted by molar-refractivity contribution is 9.10. The number of aromatic nitrogens is 2. The highest BCUT2D eigenvalue weighted by Gasteiger charge is 2.07. The first-order valence-corrected chi connectivity index (χ1v) is 5.82. The van der Waals surface area contributed by atoms with Crippen molar-refractivity contribution < 1.29 is 4.74 Å². The largest absolute Gasteiger partial charge is 0.497 e. The molecule has 2 aromatic rings. The molecule has 1 aromatic heterocycles. The Labute approximate surface area is 107 Å². The van der Waals surface area contributed by atoms with Crippen LogP contribution in [0, 0.1) is 6.92 Å². The lowest BCUT2D eigenvalue weighted by molar-refractivity contribution is 0.415. The molecular weight excluding hydrogens is 284 g/mol. The topological polar surface area (TPSA) is 55.0 Å². The van der Waals surface area contributed by atoms with Gasteiger partial charge in [0.05, 0.1) is 12.8 Å². The van der Waals surface area contributed by atoms with Gasteiger partial charge in [-0.1, -0.05) is 12.1 Å². The summed E-state index contributed by atoms with van der Waals surface area (Å²) >= 11 is 3.18. The van der Waals surface area contributed by atoms with E-state index in [0.717, 1.165) is 11.3 Å². The van der Waals surface area contributed by atoms with Crippen molar-refractivity contribution >= 4 is 15.9 Å². The summed E-state index contributed by atoms with van der Waals surface area (Å²) in [5.74, 6) is 1.26.